The van der Waals surface area contributed by atoms with E-state index in [2.05, 4.69) is 63.6 Å². The molecule has 1 aromatic rings. The van der Waals surface area contributed by atoms with E-state index in [0.717, 1.165) is 18.7 Å². The van der Waals surface area contributed by atoms with E-state index < -0.39 is 0 Å². The average Bonchev–Trinajstić information content (AvgIpc) is 2.80. The zero-order valence-electron chi connectivity index (χ0n) is 15.0. The number of hydrogen-bond donors (Lipinski definition) is 1. The molecule has 1 N–H and O–H groups in total. The first-order valence-electron chi connectivity index (χ1n) is 8.07. The first-order chi connectivity index (χ1) is 9.72. The third-order valence-corrected chi connectivity index (χ3v) is 4.36. The topological polar surface area (TPSA) is 39.1 Å². The summed E-state index contributed by atoms with van der Waals surface area (Å²) in [6.07, 6.45) is 2.91. The van der Waals surface area contributed by atoms with Gasteiger partial charge in [0.1, 0.15) is 0 Å². The number of ether oxygens (including phenoxy) is 1. The predicted molar refractivity (Wildman–Crippen MR) is 88.8 cm³/mol. The first kappa shape index (κ1) is 18.0. The number of nitrogens with one attached hydrogen (secondary N) is 1. The molecule has 0 spiro atoms. The lowest BCUT2D eigenvalue weighted by Gasteiger charge is -2.32. The molecule has 0 aromatic carbocycles. The molecule has 1 heterocycles. The summed E-state index contributed by atoms with van der Waals surface area (Å²) in [6, 6.07) is 0.596. The predicted octanol–water partition coefficient (Wildman–Crippen LogP) is 4.20. The molecule has 2 atom stereocenters. The minimum absolute atomic E-state index is 0.268. The number of rotatable bonds is 7. The maximum atomic E-state index is 5.55. The molecule has 1 rings (SSSR count). The molecule has 0 saturated heterocycles. The van der Waals surface area contributed by atoms with Gasteiger partial charge in [0.15, 0.2) is 5.75 Å². The van der Waals surface area contributed by atoms with Crippen LogP contribution in [0.25, 0.3) is 0 Å². The Balaban J connectivity index is 3.13. The van der Waals surface area contributed by atoms with Gasteiger partial charge in [-0.05, 0) is 38.1 Å². The SMILES string of the molecule is CCNC(CC(C)C(C)(C)C)c1c(OC)cnn1C(C)C. The average molecular weight is 295 g/mol. The minimum Gasteiger partial charge on any atom is -0.493 e. The summed E-state index contributed by atoms with van der Waals surface area (Å²) in [6.45, 7) is 16.6. The molecular formula is C17H33N3O. The van der Waals surface area contributed by atoms with Crippen molar-refractivity contribution >= 4 is 0 Å². The molecule has 0 amide bonds. The van der Waals surface area contributed by atoms with Crippen molar-refractivity contribution in [3.8, 4) is 5.75 Å². The fraction of sp³-hybridized carbons (Fsp3) is 0.824. The van der Waals surface area contributed by atoms with E-state index in [1.807, 2.05) is 6.20 Å². The standard InChI is InChI=1S/C17H33N3O/c1-9-18-14(10-13(4)17(5,6)7)16-15(21-8)11-19-20(16)12(2)3/h11-14,18H,9-10H2,1-8H3. The Morgan fingerprint density at radius 2 is 1.90 bits per heavy atom. The normalized spacial score (nSPS) is 15.3. The number of aromatic nitrogens is 2. The second-order valence-electron chi connectivity index (χ2n) is 7.25. The third-order valence-electron chi connectivity index (χ3n) is 4.36. The van der Waals surface area contributed by atoms with E-state index in [1.165, 1.54) is 5.69 Å². The Kier molecular flexibility index (Phi) is 6.26. The zero-order chi connectivity index (χ0) is 16.2. The molecule has 0 aliphatic heterocycles. The Morgan fingerprint density at radius 3 is 2.33 bits per heavy atom. The molecule has 2 unspecified atom stereocenters. The highest BCUT2D eigenvalue weighted by atomic mass is 16.5. The van der Waals surface area contributed by atoms with Crippen molar-refractivity contribution in [3.05, 3.63) is 11.9 Å². The van der Waals surface area contributed by atoms with Crippen LogP contribution in [0.5, 0.6) is 5.75 Å². The van der Waals surface area contributed by atoms with Gasteiger partial charge in [0.05, 0.1) is 25.0 Å². The molecule has 0 radical (unpaired) electrons. The van der Waals surface area contributed by atoms with Gasteiger partial charge < -0.3 is 10.1 Å². The molecule has 0 bridgehead atoms. The van der Waals surface area contributed by atoms with E-state index in [9.17, 15) is 0 Å². The summed E-state index contributed by atoms with van der Waals surface area (Å²) in [4.78, 5) is 0. The Morgan fingerprint density at radius 1 is 1.29 bits per heavy atom. The van der Waals surface area contributed by atoms with Crippen molar-refractivity contribution < 1.29 is 4.74 Å². The fourth-order valence-electron chi connectivity index (χ4n) is 2.50. The molecule has 4 heteroatoms. The molecule has 122 valence electrons. The van der Waals surface area contributed by atoms with E-state index >= 15 is 0 Å². The van der Waals surface area contributed by atoms with Crippen LogP contribution >= 0.6 is 0 Å². The largest absolute Gasteiger partial charge is 0.493 e. The van der Waals surface area contributed by atoms with Crippen LogP contribution in [0.15, 0.2) is 6.20 Å². The van der Waals surface area contributed by atoms with Crippen LogP contribution in [-0.4, -0.2) is 23.4 Å². The summed E-state index contributed by atoms with van der Waals surface area (Å²) in [5.41, 5.74) is 1.47. The summed E-state index contributed by atoms with van der Waals surface area (Å²) < 4.78 is 7.63. The molecule has 0 saturated carbocycles. The Bertz CT molecular complexity index is 432. The molecule has 0 aliphatic carbocycles. The van der Waals surface area contributed by atoms with Gasteiger partial charge in [-0.25, -0.2) is 0 Å². The first-order valence-corrected chi connectivity index (χ1v) is 8.07. The molecule has 0 fully saturated rings. The molecule has 4 nitrogen and oxygen atoms in total. The quantitative estimate of drug-likeness (QED) is 0.819. The van der Waals surface area contributed by atoms with Crippen molar-refractivity contribution in [2.75, 3.05) is 13.7 Å². The van der Waals surface area contributed by atoms with Crippen molar-refractivity contribution in [2.24, 2.45) is 11.3 Å². The van der Waals surface area contributed by atoms with Gasteiger partial charge in [-0.3, -0.25) is 4.68 Å². The third kappa shape index (κ3) is 4.47. The van der Waals surface area contributed by atoms with Crippen LogP contribution in [-0.2, 0) is 0 Å². The van der Waals surface area contributed by atoms with Crippen LogP contribution < -0.4 is 10.1 Å². The smallest absolute Gasteiger partial charge is 0.161 e. The van der Waals surface area contributed by atoms with Crippen LogP contribution in [0.2, 0.25) is 0 Å². The second-order valence-corrected chi connectivity index (χ2v) is 7.25. The van der Waals surface area contributed by atoms with Crippen molar-refractivity contribution in [1.82, 2.24) is 15.1 Å². The van der Waals surface area contributed by atoms with E-state index in [4.69, 9.17) is 4.74 Å². The number of hydrogen-bond acceptors (Lipinski definition) is 3. The summed E-state index contributed by atoms with van der Waals surface area (Å²) in [5, 5.41) is 8.13. The van der Waals surface area contributed by atoms with Gasteiger partial charge in [-0.1, -0.05) is 34.6 Å². The highest BCUT2D eigenvalue weighted by Gasteiger charge is 2.28. The van der Waals surface area contributed by atoms with Gasteiger partial charge in [0.25, 0.3) is 0 Å². The van der Waals surface area contributed by atoms with Crippen LogP contribution in [0.3, 0.4) is 0 Å². The van der Waals surface area contributed by atoms with Gasteiger partial charge in [-0.2, -0.15) is 5.10 Å². The monoisotopic (exact) mass is 295 g/mol. The summed E-state index contributed by atoms with van der Waals surface area (Å²) >= 11 is 0. The van der Waals surface area contributed by atoms with Gasteiger partial charge >= 0.3 is 0 Å². The Labute approximate surface area is 130 Å². The summed E-state index contributed by atoms with van der Waals surface area (Å²) in [7, 11) is 1.72. The lowest BCUT2D eigenvalue weighted by Crippen LogP contribution is -2.29. The highest BCUT2D eigenvalue weighted by Crippen LogP contribution is 2.36. The zero-order valence-corrected chi connectivity index (χ0v) is 15.0. The van der Waals surface area contributed by atoms with Crippen LogP contribution in [0.1, 0.15) is 72.7 Å². The number of methoxy groups -OCH3 is 1. The second kappa shape index (κ2) is 7.30. The minimum atomic E-state index is 0.268. The van der Waals surface area contributed by atoms with Crippen LogP contribution in [0.4, 0.5) is 0 Å². The Hall–Kier alpha value is -1.03. The van der Waals surface area contributed by atoms with Gasteiger partial charge in [0.2, 0.25) is 0 Å². The van der Waals surface area contributed by atoms with E-state index in [0.29, 0.717) is 17.4 Å². The molecular weight excluding hydrogens is 262 g/mol. The van der Waals surface area contributed by atoms with E-state index in [1.54, 1.807) is 7.11 Å². The van der Waals surface area contributed by atoms with Crippen molar-refractivity contribution in [3.63, 3.8) is 0 Å². The lowest BCUT2D eigenvalue weighted by molar-refractivity contribution is 0.218. The lowest BCUT2D eigenvalue weighted by atomic mass is 9.78. The maximum absolute atomic E-state index is 5.55. The van der Waals surface area contributed by atoms with Gasteiger partial charge in [0, 0.05) is 6.04 Å². The fourth-order valence-corrected chi connectivity index (χ4v) is 2.50. The molecule has 0 aliphatic rings. The highest BCUT2D eigenvalue weighted by molar-refractivity contribution is 5.29. The number of nitrogens with zero attached hydrogens (tertiary/aromatic N) is 2. The summed E-state index contributed by atoms with van der Waals surface area (Å²) in [5.74, 6) is 1.48. The molecule has 1 aromatic heterocycles. The maximum Gasteiger partial charge on any atom is 0.161 e. The van der Waals surface area contributed by atoms with Gasteiger partial charge in [-0.15, -0.1) is 0 Å². The van der Waals surface area contributed by atoms with Crippen molar-refractivity contribution in [2.45, 2.75) is 67.0 Å². The van der Waals surface area contributed by atoms with Crippen molar-refractivity contribution in [1.29, 1.82) is 0 Å². The molecule has 21 heavy (non-hydrogen) atoms. The van der Waals surface area contributed by atoms with Crippen LogP contribution in [0, 0.1) is 11.3 Å². The van der Waals surface area contributed by atoms with E-state index in [-0.39, 0.29) is 6.04 Å².